The molecule has 0 heterocycles. The van der Waals surface area contributed by atoms with Crippen LogP contribution >= 0.6 is 0 Å². The summed E-state index contributed by atoms with van der Waals surface area (Å²) >= 11 is 0. The molecule has 1 N–H and O–H groups in total. The van der Waals surface area contributed by atoms with Crippen molar-refractivity contribution in [1.29, 1.82) is 0 Å². The summed E-state index contributed by atoms with van der Waals surface area (Å²) < 4.78 is 0. The monoisotopic (exact) mass is 278 g/mol. The fraction of sp³-hybridized carbons (Fsp3) is 0.211. The number of rotatable bonds is 3. The van der Waals surface area contributed by atoms with Crippen LogP contribution in [0, 0.1) is 0 Å². The summed E-state index contributed by atoms with van der Waals surface area (Å²) in [5, 5.41) is 9.31. The molecule has 1 aliphatic carbocycles. The molecule has 0 saturated heterocycles. The lowest BCUT2D eigenvalue weighted by atomic mass is 9.91. The molecule has 106 valence electrons. The Labute approximate surface area is 124 Å². The zero-order chi connectivity index (χ0) is 15.0. The molecule has 2 aromatic carbocycles. The van der Waals surface area contributed by atoms with Crippen LogP contribution in [0.5, 0.6) is 0 Å². The zero-order valence-electron chi connectivity index (χ0n) is 12.3. The van der Waals surface area contributed by atoms with Crippen molar-refractivity contribution >= 4 is 11.5 Å². The van der Waals surface area contributed by atoms with Crippen molar-refractivity contribution in [1.82, 2.24) is 0 Å². The predicted molar refractivity (Wildman–Crippen MR) is 85.2 cm³/mol. The highest BCUT2D eigenvalue weighted by Crippen LogP contribution is 2.41. The van der Waals surface area contributed by atoms with Gasteiger partial charge in [-0.15, -0.1) is 0 Å². The van der Waals surface area contributed by atoms with E-state index in [1.807, 2.05) is 13.0 Å². The molecule has 0 bridgehead atoms. The van der Waals surface area contributed by atoms with Crippen LogP contribution in [0.1, 0.15) is 37.0 Å². The van der Waals surface area contributed by atoms with E-state index >= 15 is 0 Å². The molecule has 1 aliphatic rings. The average Bonchev–Trinajstić information content (AvgIpc) is 2.87. The number of allylic oxidation sites excluding steroid dienone is 1. The first kappa shape index (κ1) is 13.6. The van der Waals surface area contributed by atoms with Crippen molar-refractivity contribution in [2.24, 2.45) is 0 Å². The van der Waals surface area contributed by atoms with Gasteiger partial charge in [0.05, 0.1) is 0 Å². The first-order valence-electron chi connectivity index (χ1n) is 7.27. The van der Waals surface area contributed by atoms with Gasteiger partial charge in [0, 0.05) is 5.57 Å². The van der Waals surface area contributed by atoms with Crippen LogP contribution in [-0.2, 0) is 11.2 Å². The minimum Gasteiger partial charge on any atom is -0.478 e. The summed E-state index contributed by atoms with van der Waals surface area (Å²) in [7, 11) is 0. The van der Waals surface area contributed by atoms with Gasteiger partial charge in [-0.1, -0.05) is 49.4 Å². The second kappa shape index (κ2) is 5.21. The summed E-state index contributed by atoms with van der Waals surface area (Å²) in [4.78, 5) is 11.3. The van der Waals surface area contributed by atoms with Crippen LogP contribution in [0.3, 0.4) is 0 Å². The van der Waals surface area contributed by atoms with Crippen LogP contribution < -0.4 is 0 Å². The summed E-state index contributed by atoms with van der Waals surface area (Å²) in [6.45, 7) is 3.71. The normalized spacial score (nSPS) is 13.4. The summed E-state index contributed by atoms with van der Waals surface area (Å²) in [6, 6.07) is 14.6. The van der Waals surface area contributed by atoms with Crippen LogP contribution in [0.2, 0.25) is 0 Å². The maximum atomic E-state index is 11.3. The van der Waals surface area contributed by atoms with Crippen LogP contribution in [-0.4, -0.2) is 11.1 Å². The Bertz CT molecular complexity index is 754. The number of carboxylic acids is 1. The maximum Gasteiger partial charge on any atom is 0.331 e. The second-order valence-electron chi connectivity index (χ2n) is 5.43. The van der Waals surface area contributed by atoms with Gasteiger partial charge < -0.3 is 5.11 Å². The third-order valence-corrected chi connectivity index (χ3v) is 4.30. The summed E-state index contributed by atoms with van der Waals surface area (Å²) in [5.74, 6) is -0.833. The molecule has 0 atom stereocenters. The van der Waals surface area contributed by atoms with Gasteiger partial charge in [-0.05, 0) is 53.2 Å². The minimum atomic E-state index is -0.833. The standard InChI is InChI=1S/C19H18O2/c1-3-14(12(2)19(20)21)16-9-6-10-17-15-8-5-4-7-13(15)11-18(16)17/h4-10H,3,11H2,1-2H3,(H,20,21). The summed E-state index contributed by atoms with van der Waals surface area (Å²) in [5.41, 5.74) is 7.57. The first-order valence-corrected chi connectivity index (χ1v) is 7.27. The fourth-order valence-electron chi connectivity index (χ4n) is 3.23. The highest BCUT2D eigenvalue weighted by molar-refractivity contribution is 5.97. The van der Waals surface area contributed by atoms with Crippen molar-refractivity contribution in [3.63, 3.8) is 0 Å². The highest BCUT2D eigenvalue weighted by atomic mass is 16.4. The van der Waals surface area contributed by atoms with E-state index in [4.69, 9.17) is 0 Å². The molecule has 2 nitrogen and oxygen atoms in total. The van der Waals surface area contributed by atoms with Crippen LogP contribution in [0.25, 0.3) is 16.7 Å². The third kappa shape index (κ3) is 2.17. The number of benzene rings is 2. The van der Waals surface area contributed by atoms with Gasteiger partial charge in [0.25, 0.3) is 0 Å². The van der Waals surface area contributed by atoms with E-state index < -0.39 is 5.97 Å². The lowest BCUT2D eigenvalue weighted by Gasteiger charge is -2.13. The van der Waals surface area contributed by atoms with Gasteiger partial charge in [0.2, 0.25) is 0 Å². The topological polar surface area (TPSA) is 37.3 Å². The predicted octanol–water partition coefficient (Wildman–Crippen LogP) is 4.53. The van der Waals surface area contributed by atoms with E-state index in [0.717, 1.165) is 24.0 Å². The van der Waals surface area contributed by atoms with Crippen LogP contribution in [0.15, 0.2) is 48.0 Å². The Morgan fingerprint density at radius 3 is 2.52 bits per heavy atom. The van der Waals surface area contributed by atoms with Gasteiger partial charge in [-0.2, -0.15) is 0 Å². The van der Waals surface area contributed by atoms with Gasteiger partial charge in [-0.25, -0.2) is 4.79 Å². The second-order valence-corrected chi connectivity index (χ2v) is 5.43. The summed E-state index contributed by atoms with van der Waals surface area (Å²) in [6.07, 6.45) is 1.61. The van der Waals surface area contributed by atoms with Gasteiger partial charge in [-0.3, -0.25) is 0 Å². The van der Waals surface area contributed by atoms with Crippen molar-refractivity contribution in [2.45, 2.75) is 26.7 Å². The molecule has 0 spiro atoms. The van der Waals surface area contributed by atoms with E-state index in [2.05, 4.69) is 36.4 Å². The molecule has 0 aliphatic heterocycles. The lowest BCUT2D eigenvalue weighted by Crippen LogP contribution is -2.02. The highest BCUT2D eigenvalue weighted by Gasteiger charge is 2.22. The zero-order valence-corrected chi connectivity index (χ0v) is 12.3. The quantitative estimate of drug-likeness (QED) is 0.715. The Hall–Kier alpha value is -2.35. The number of hydrogen-bond donors (Lipinski definition) is 1. The number of carbonyl (C=O) groups is 1. The Morgan fingerprint density at radius 2 is 1.81 bits per heavy atom. The number of carboxylic acid groups (broad SMARTS) is 1. The largest absolute Gasteiger partial charge is 0.478 e. The molecule has 2 heteroatoms. The van der Waals surface area contributed by atoms with E-state index in [1.54, 1.807) is 6.92 Å². The molecule has 0 amide bonds. The molecule has 0 fully saturated rings. The van der Waals surface area contributed by atoms with Crippen LogP contribution in [0.4, 0.5) is 0 Å². The van der Waals surface area contributed by atoms with E-state index in [0.29, 0.717) is 5.57 Å². The lowest BCUT2D eigenvalue weighted by molar-refractivity contribution is -0.132. The van der Waals surface area contributed by atoms with E-state index in [-0.39, 0.29) is 0 Å². The fourth-order valence-corrected chi connectivity index (χ4v) is 3.23. The Morgan fingerprint density at radius 1 is 1.10 bits per heavy atom. The average molecular weight is 278 g/mol. The molecule has 2 aromatic rings. The maximum absolute atomic E-state index is 11.3. The number of aliphatic carboxylic acids is 1. The molecule has 0 radical (unpaired) electrons. The minimum absolute atomic E-state index is 0.446. The molecular formula is C19H18O2. The van der Waals surface area contributed by atoms with E-state index in [9.17, 15) is 9.90 Å². The molecule has 21 heavy (non-hydrogen) atoms. The van der Waals surface area contributed by atoms with E-state index in [1.165, 1.54) is 22.3 Å². The van der Waals surface area contributed by atoms with Gasteiger partial charge in [0.1, 0.15) is 0 Å². The van der Waals surface area contributed by atoms with Crippen molar-refractivity contribution in [3.05, 3.63) is 64.7 Å². The van der Waals surface area contributed by atoms with Crippen molar-refractivity contribution in [3.8, 4) is 11.1 Å². The molecule has 0 saturated carbocycles. The number of fused-ring (bicyclic) bond motifs is 3. The van der Waals surface area contributed by atoms with Gasteiger partial charge in [0.15, 0.2) is 0 Å². The van der Waals surface area contributed by atoms with Crippen molar-refractivity contribution in [2.75, 3.05) is 0 Å². The van der Waals surface area contributed by atoms with Crippen molar-refractivity contribution < 1.29 is 9.90 Å². The smallest absolute Gasteiger partial charge is 0.331 e. The molecule has 0 unspecified atom stereocenters. The Balaban J connectivity index is 2.21. The molecular weight excluding hydrogens is 260 g/mol. The Kier molecular flexibility index (Phi) is 3.38. The number of hydrogen-bond acceptors (Lipinski definition) is 1. The molecule has 3 rings (SSSR count). The SMILES string of the molecule is CCC(=C(C)C(=O)O)c1cccc2c1Cc1ccccc1-2. The first-order chi connectivity index (χ1) is 10.1. The molecule has 0 aromatic heterocycles. The van der Waals surface area contributed by atoms with Gasteiger partial charge >= 0.3 is 5.97 Å². The third-order valence-electron chi connectivity index (χ3n) is 4.30.